The van der Waals surface area contributed by atoms with E-state index >= 15 is 0 Å². The SMILES string of the molecule is CCOC(=O)c1cc2ccsc2n1CC(=O)N(CC)c1ccccc1. The van der Waals surface area contributed by atoms with Crippen LogP contribution in [0.25, 0.3) is 10.2 Å². The standard InChI is InChI=1S/C19H20N2O3S/c1-3-20(15-8-6-5-7-9-15)17(22)13-21-16(19(23)24-4-2)12-14-10-11-25-18(14)21/h5-12H,3-4,13H2,1-2H3. The van der Waals surface area contributed by atoms with Crippen molar-refractivity contribution in [2.24, 2.45) is 0 Å². The summed E-state index contributed by atoms with van der Waals surface area (Å²) >= 11 is 1.51. The Morgan fingerprint density at radius 3 is 2.60 bits per heavy atom. The lowest BCUT2D eigenvalue weighted by Crippen LogP contribution is -2.34. The van der Waals surface area contributed by atoms with Crippen LogP contribution in [0.4, 0.5) is 5.69 Å². The number of fused-ring (bicyclic) bond motifs is 1. The fourth-order valence-electron chi connectivity index (χ4n) is 2.84. The number of benzene rings is 1. The molecule has 130 valence electrons. The van der Waals surface area contributed by atoms with E-state index in [-0.39, 0.29) is 12.5 Å². The van der Waals surface area contributed by atoms with Crippen molar-refractivity contribution in [3.63, 3.8) is 0 Å². The number of anilines is 1. The van der Waals surface area contributed by atoms with Crippen LogP contribution in [0.5, 0.6) is 0 Å². The molecule has 3 rings (SSSR count). The molecule has 0 aliphatic rings. The average Bonchev–Trinajstić information content (AvgIpc) is 3.19. The molecule has 0 fully saturated rings. The van der Waals surface area contributed by atoms with Crippen molar-refractivity contribution < 1.29 is 14.3 Å². The highest BCUT2D eigenvalue weighted by molar-refractivity contribution is 7.16. The number of ether oxygens (including phenoxy) is 1. The van der Waals surface area contributed by atoms with E-state index in [1.807, 2.05) is 48.7 Å². The van der Waals surface area contributed by atoms with E-state index in [1.165, 1.54) is 11.3 Å². The Bertz CT molecular complexity index is 883. The molecule has 0 bridgehead atoms. The smallest absolute Gasteiger partial charge is 0.355 e. The first-order chi connectivity index (χ1) is 12.2. The molecule has 2 heterocycles. The van der Waals surface area contributed by atoms with Gasteiger partial charge in [0.25, 0.3) is 0 Å². The normalized spacial score (nSPS) is 10.8. The molecule has 0 unspecified atom stereocenters. The van der Waals surface area contributed by atoms with Crippen LogP contribution in [0.3, 0.4) is 0 Å². The summed E-state index contributed by atoms with van der Waals surface area (Å²) in [6, 6.07) is 13.3. The summed E-state index contributed by atoms with van der Waals surface area (Å²) in [6.07, 6.45) is 0. The Kier molecular flexibility index (Phi) is 5.19. The zero-order valence-electron chi connectivity index (χ0n) is 14.3. The van der Waals surface area contributed by atoms with Crippen molar-refractivity contribution >= 4 is 39.1 Å². The first-order valence-electron chi connectivity index (χ1n) is 8.25. The Labute approximate surface area is 150 Å². The number of carbonyl (C=O) groups is 2. The number of hydrogen-bond acceptors (Lipinski definition) is 4. The van der Waals surface area contributed by atoms with Gasteiger partial charge in [-0.1, -0.05) is 18.2 Å². The van der Waals surface area contributed by atoms with Gasteiger partial charge in [-0.3, -0.25) is 4.79 Å². The third-order valence-electron chi connectivity index (χ3n) is 3.97. The van der Waals surface area contributed by atoms with E-state index in [0.717, 1.165) is 15.9 Å². The van der Waals surface area contributed by atoms with Crippen LogP contribution >= 0.6 is 11.3 Å². The van der Waals surface area contributed by atoms with Crippen LogP contribution < -0.4 is 4.90 Å². The fraction of sp³-hybridized carbons (Fsp3) is 0.263. The van der Waals surface area contributed by atoms with Crippen LogP contribution in [0, 0.1) is 0 Å². The molecule has 0 atom stereocenters. The van der Waals surface area contributed by atoms with Crippen LogP contribution in [0.15, 0.2) is 47.8 Å². The van der Waals surface area contributed by atoms with Gasteiger partial charge in [-0.25, -0.2) is 4.79 Å². The number of thiophene rings is 1. The summed E-state index contributed by atoms with van der Waals surface area (Å²) in [7, 11) is 0. The van der Waals surface area contributed by atoms with Gasteiger partial charge < -0.3 is 14.2 Å². The molecule has 0 aliphatic carbocycles. The van der Waals surface area contributed by atoms with Crippen LogP contribution in [0.1, 0.15) is 24.3 Å². The minimum atomic E-state index is -0.401. The van der Waals surface area contributed by atoms with Crippen LogP contribution in [0.2, 0.25) is 0 Å². The van der Waals surface area contributed by atoms with E-state index in [1.54, 1.807) is 22.5 Å². The topological polar surface area (TPSA) is 51.5 Å². The highest BCUT2D eigenvalue weighted by Gasteiger charge is 2.22. The maximum atomic E-state index is 12.9. The first kappa shape index (κ1) is 17.2. The highest BCUT2D eigenvalue weighted by Crippen LogP contribution is 2.26. The van der Waals surface area contributed by atoms with Crippen molar-refractivity contribution in [1.82, 2.24) is 4.57 Å². The number of aromatic nitrogens is 1. The summed E-state index contributed by atoms with van der Waals surface area (Å²) in [5, 5.41) is 2.90. The van der Waals surface area contributed by atoms with Gasteiger partial charge >= 0.3 is 5.97 Å². The molecule has 3 aromatic rings. The minimum Gasteiger partial charge on any atom is -0.461 e. The van der Waals surface area contributed by atoms with Gasteiger partial charge in [0.15, 0.2) is 0 Å². The molecular weight excluding hydrogens is 336 g/mol. The molecular formula is C19H20N2O3S. The lowest BCUT2D eigenvalue weighted by Gasteiger charge is -2.22. The molecule has 0 spiro atoms. The van der Waals surface area contributed by atoms with Gasteiger partial charge in [0.1, 0.15) is 17.1 Å². The van der Waals surface area contributed by atoms with Gasteiger partial charge in [0, 0.05) is 17.6 Å². The van der Waals surface area contributed by atoms with Crippen LogP contribution in [-0.4, -0.2) is 29.6 Å². The third kappa shape index (κ3) is 3.44. The Morgan fingerprint density at radius 2 is 1.92 bits per heavy atom. The van der Waals surface area contributed by atoms with Crippen molar-refractivity contribution in [3.05, 3.63) is 53.5 Å². The van der Waals surface area contributed by atoms with E-state index in [4.69, 9.17) is 4.74 Å². The fourth-order valence-corrected chi connectivity index (χ4v) is 3.73. The quantitative estimate of drug-likeness (QED) is 0.629. The Balaban J connectivity index is 1.93. The molecule has 0 saturated heterocycles. The van der Waals surface area contributed by atoms with Crippen molar-refractivity contribution in [1.29, 1.82) is 0 Å². The second-order valence-corrected chi connectivity index (χ2v) is 6.39. The summed E-state index contributed by atoms with van der Waals surface area (Å²) in [4.78, 5) is 27.8. The van der Waals surface area contributed by atoms with E-state index < -0.39 is 5.97 Å². The second kappa shape index (κ2) is 7.53. The van der Waals surface area contributed by atoms with Crippen molar-refractivity contribution in [2.75, 3.05) is 18.1 Å². The molecule has 1 aromatic carbocycles. The molecule has 0 saturated carbocycles. The number of rotatable bonds is 6. The van der Waals surface area contributed by atoms with Gasteiger partial charge in [-0.2, -0.15) is 0 Å². The maximum Gasteiger partial charge on any atom is 0.355 e. The summed E-state index contributed by atoms with van der Waals surface area (Å²) in [5.74, 6) is -0.466. The third-order valence-corrected chi connectivity index (χ3v) is 4.92. The molecule has 0 radical (unpaired) electrons. The number of likely N-dealkylation sites (N-methyl/N-ethyl adjacent to an activating group) is 1. The number of amides is 1. The molecule has 25 heavy (non-hydrogen) atoms. The summed E-state index contributed by atoms with van der Waals surface area (Å²) in [5.41, 5.74) is 1.27. The van der Waals surface area contributed by atoms with Crippen LogP contribution in [-0.2, 0) is 16.1 Å². The van der Waals surface area contributed by atoms with Crippen molar-refractivity contribution in [2.45, 2.75) is 20.4 Å². The molecule has 2 aromatic heterocycles. The lowest BCUT2D eigenvalue weighted by molar-refractivity contribution is -0.119. The van der Waals surface area contributed by atoms with Gasteiger partial charge in [-0.05, 0) is 43.5 Å². The van der Waals surface area contributed by atoms with E-state index in [2.05, 4.69) is 0 Å². The summed E-state index contributed by atoms with van der Waals surface area (Å²) < 4.78 is 6.90. The largest absolute Gasteiger partial charge is 0.461 e. The maximum absolute atomic E-state index is 12.9. The minimum absolute atomic E-state index is 0.0647. The Hall–Kier alpha value is -2.60. The number of para-hydroxylation sites is 1. The van der Waals surface area contributed by atoms with E-state index in [0.29, 0.717) is 18.8 Å². The molecule has 6 heteroatoms. The lowest BCUT2D eigenvalue weighted by atomic mass is 10.3. The molecule has 0 N–H and O–H groups in total. The summed E-state index contributed by atoms with van der Waals surface area (Å²) in [6.45, 7) is 4.67. The predicted octanol–water partition coefficient (Wildman–Crippen LogP) is 3.93. The number of hydrogen-bond donors (Lipinski definition) is 0. The second-order valence-electron chi connectivity index (χ2n) is 5.49. The zero-order valence-corrected chi connectivity index (χ0v) is 15.1. The number of esters is 1. The molecule has 5 nitrogen and oxygen atoms in total. The molecule has 0 aliphatic heterocycles. The Morgan fingerprint density at radius 1 is 1.16 bits per heavy atom. The van der Waals surface area contributed by atoms with Gasteiger partial charge in [0.05, 0.1) is 6.61 Å². The average molecular weight is 356 g/mol. The molecule has 1 amide bonds. The highest BCUT2D eigenvalue weighted by atomic mass is 32.1. The monoisotopic (exact) mass is 356 g/mol. The number of carbonyl (C=O) groups excluding carboxylic acids is 2. The van der Waals surface area contributed by atoms with Crippen molar-refractivity contribution in [3.8, 4) is 0 Å². The van der Waals surface area contributed by atoms with Gasteiger partial charge in [-0.15, -0.1) is 11.3 Å². The van der Waals surface area contributed by atoms with E-state index in [9.17, 15) is 9.59 Å². The van der Waals surface area contributed by atoms with Gasteiger partial charge in [0.2, 0.25) is 5.91 Å². The zero-order chi connectivity index (χ0) is 17.8. The first-order valence-corrected chi connectivity index (χ1v) is 9.13. The predicted molar refractivity (Wildman–Crippen MR) is 100 cm³/mol. The number of nitrogens with zero attached hydrogens (tertiary/aromatic N) is 2.